The number of benzene rings is 1. The van der Waals surface area contributed by atoms with Crippen molar-refractivity contribution < 1.29 is 8.42 Å². The van der Waals surface area contributed by atoms with Crippen molar-refractivity contribution in [1.82, 2.24) is 0 Å². The summed E-state index contributed by atoms with van der Waals surface area (Å²) in [6.07, 6.45) is 0.561. The fraction of sp³-hybridized carbons (Fsp3) is 0.333. The van der Waals surface area contributed by atoms with E-state index in [4.69, 9.17) is 0 Å². The van der Waals surface area contributed by atoms with E-state index >= 15 is 0 Å². The van der Waals surface area contributed by atoms with Gasteiger partial charge in [0.25, 0.3) is 0 Å². The van der Waals surface area contributed by atoms with E-state index in [1.54, 1.807) is 36.0 Å². The molecule has 0 saturated carbocycles. The molecule has 0 unspecified atom stereocenters. The second-order valence-electron chi connectivity index (χ2n) is 3.86. The lowest BCUT2D eigenvalue weighted by Gasteiger charge is -2.06. The van der Waals surface area contributed by atoms with Crippen molar-refractivity contribution >= 4 is 37.5 Å². The maximum atomic E-state index is 12.4. The van der Waals surface area contributed by atoms with Crippen LogP contribution in [0.4, 0.5) is 0 Å². The highest BCUT2D eigenvalue weighted by molar-refractivity contribution is 9.10. The number of allylic oxidation sites excluding steroid dienone is 1. The predicted molar refractivity (Wildman–Crippen MR) is 75.7 cm³/mol. The molecule has 92 valence electrons. The Morgan fingerprint density at radius 2 is 1.88 bits per heavy atom. The molecule has 1 fully saturated rings. The van der Waals surface area contributed by atoms with Gasteiger partial charge in [-0.3, -0.25) is 0 Å². The van der Waals surface area contributed by atoms with Crippen LogP contribution in [0, 0.1) is 0 Å². The average molecular weight is 333 g/mol. The van der Waals surface area contributed by atoms with Crippen LogP contribution in [-0.4, -0.2) is 13.7 Å². The molecule has 1 heterocycles. The highest BCUT2D eigenvalue weighted by atomic mass is 79.9. The number of hydrogen-bond donors (Lipinski definition) is 0. The molecule has 2 nitrogen and oxygen atoms in total. The zero-order valence-electron chi connectivity index (χ0n) is 9.60. The summed E-state index contributed by atoms with van der Waals surface area (Å²) in [5.74, 6) is 0. The van der Waals surface area contributed by atoms with Crippen LogP contribution < -0.4 is 0 Å². The summed E-state index contributed by atoms with van der Waals surface area (Å²) >= 11 is 4.95. The van der Waals surface area contributed by atoms with E-state index in [0.717, 1.165) is 9.38 Å². The molecule has 0 spiro atoms. The van der Waals surface area contributed by atoms with Gasteiger partial charge in [0, 0.05) is 14.6 Å². The number of hydrogen-bond acceptors (Lipinski definition) is 3. The SMILES string of the molecule is CC/C(=C1\S[C@H]1C)S(=O)(=O)c1ccc(Br)cc1. The lowest BCUT2D eigenvalue weighted by molar-refractivity contribution is 0.600. The van der Waals surface area contributed by atoms with Gasteiger partial charge < -0.3 is 0 Å². The lowest BCUT2D eigenvalue weighted by atomic mass is 10.3. The smallest absolute Gasteiger partial charge is 0.203 e. The number of thioether (sulfide) groups is 1. The molecule has 1 atom stereocenters. The van der Waals surface area contributed by atoms with E-state index in [0.29, 0.717) is 21.5 Å². The topological polar surface area (TPSA) is 34.1 Å². The fourth-order valence-electron chi connectivity index (χ4n) is 1.70. The molecule has 2 rings (SSSR count). The number of rotatable bonds is 3. The molecule has 1 saturated heterocycles. The monoisotopic (exact) mass is 332 g/mol. The van der Waals surface area contributed by atoms with Crippen LogP contribution in [0.15, 0.2) is 43.4 Å². The van der Waals surface area contributed by atoms with Gasteiger partial charge in [-0.1, -0.05) is 22.9 Å². The van der Waals surface area contributed by atoms with E-state index < -0.39 is 9.84 Å². The number of sulfone groups is 1. The van der Waals surface area contributed by atoms with Crippen molar-refractivity contribution in [2.75, 3.05) is 0 Å². The second kappa shape index (κ2) is 4.78. The van der Waals surface area contributed by atoms with Crippen molar-refractivity contribution in [3.05, 3.63) is 38.5 Å². The van der Waals surface area contributed by atoms with Crippen LogP contribution >= 0.6 is 27.7 Å². The van der Waals surface area contributed by atoms with Crippen LogP contribution in [0.2, 0.25) is 0 Å². The van der Waals surface area contributed by atoms with Crippen LogP contribution in [0.1, 0.15) is 20.3 Å². The van der Waals surface area contributed by atoms with Crippen molar-refractivity contribution in [2.45, 2.75) is 30.4 Å². The van der Waals surface area contributed by atoms with Crippen molar-refractivity contribution in [3.63, 3.8) is 0 Å². The van der Waals surface area contributed by atoms with Gasteiger partial charge >= 0.3 is 0 Å². The largest absolute Gasteiger partial charge is 0.219 e. The molecule has 0 aliphatic carbocycles. The summed E-state index contributed by atoms with van der Waals surface area (Å²) in [5.41, 5.74) is 0. The van der Waals surface area contributed by atoms with E-state index in [9.17, 15) is 8.42 Å². The third-order valence-corrected chi connectivity index (χ3v) is 6.56. The Bertz CT molecular complexity index is 559. The molecule has 1 aliphatic rings. The third kappa shape index (κ3) is 2.61. The summed E-state index contributed by atoms with van der Waals surface area (Å²) in [6, 6.07) is 6.81. The highest BCUT2D eigenvalue weighted by Crippen LogP contribution is 2.50. The zero-order chi connectivity index (χ0) is 12.6. The van der Waals surface area contributed by atoms with Gasteiger partial charge in [0.15, 0.2) is 0 Å². The molecular weight excluding hydrogens is 320 g/mol. The van der Waals surface area contributed by atoms with Gasteiger partial charge in [-0.15, -0.1) is 11.8 Å². The molecular formula is C12H13BrO2S2. The summed E-state index contributed by atoms with van der Waals surface area (Å²) in [7, 11) is -3.30. The Morgan fingerprint density at radius 1 is 1.35 bits per heavy atom. The first-order valence-electron chi connectivity index (χ1n) is 5.37. The summed E-state index contributed by atoms with van der Waals surface area (Å²) in [5, 5.41) is 0.357. The molecule has 0 amide bonds. The maximum absolute atomic E-state index is 12.4. The molecule has 5 heteroatoms. The van der Waals surface area contributed by atoms with E-state index in [1.807, 2.05) is 13.8 Å². The average Bonchev–Trinajstić information content (AvgIpc) is 2.96. The summed E-state index contributed by atoms with van der Waals surface area (Å²) in [4.78, 5) is 1.98. The normalized spacial score (nSPS) is 22.4. The van der Waals surface area contributed by atoms with Gasteiger partial charge in [0.05, 0.1) is 9.80 Å². The molecule has 17 heavy (non-hydrogen) atoms. The van der Waals surface area contributed by atoms with E-state index in [2.05, 4.69) is 15.9 Å². The Balaban J connectivity index is 2.47. The molecule has 0 N–H and O–H groups in total. The molecule has 0 radical (unpaired) electrons. The first-order valence-corrected chi connectivity index (χ1v) is 8.52. The van der Waals surface area contributed by atoms with E-state index in [1.165, 1.54) is 0 Å². The van der Waals surface area contributed by atoms with Gasteiger partial charge in [-0.25, -0.2) is 8.42 Å². The first kappa shape index (κ1) is 13.2. The van der Waals surface area contributed by atoms with Gasteiger partial charge in [0.1, 0.15) is 0 Å². The second-order valence-corrected chi connectivity index (χ2v) is 8.13. The van der Waals surface area contributed by atoms with Crippen molar-refractivity contribution in [1.29, 1.82) is 0 Å². The molecule has 1 aliphatic heterocycles. The van der Waals surface area contributed by atoms with Crippen LogP contribution in [0.25, 0.3) is 0 Å². The Kier molecular flexibility index (Phi) is 3.71. The summed E-state index contributed by atoms with van der Waals surface area (Å²) < 4.78 is 25.7. The fourth-order valence-corrected chi connectivity index (χ4v) is 4.85. The number of halogens is 1. The Morgan fingerprint density at radius 3 is 2.29 bits per heavy atom. The predicted octanol–water partition coefficient (Wildman–Crippen LogP) is 3.98. The summed E-state index contributed by atoms with van der Waals surface area (Å²) in [6.45, 7) is 3.93. The minimum Gasteiger partial charge on any atom is -0.219 e. The maximum Gasteiger partial charge on any atom is 0.203 e. The molecule has 1 aromatic carbocycles. The van der Waals surface area contributed by atoms with E-state index in [-0.39, 0.29) is 0 Å². The third-order valence-electron chi connectivity index (χ3n) is 2.66. The van der Waals surface area contributed by atoms with Gasteiger partial charge in [0.2, 0.25) is 9.84 Å². The van der Waals surface area contributed by atoms with Gasteiger partial charge in [-0.05, 0) is 37.6 Å². The van der Waals surface area contributed by atoms with Crippen molar-refractivity contribution in [2.24, 2.45) is 0 Å². The van der Waals surface area contributed by atoms with Crippen LogP contribution in [0.5, 0.6) is 0 Å². The first-order chi connectivity index (χ1) is 7.96. The zero-order valence-corrected chi connectivity index (χ0v) is 12.8. The van der Waals surface area contributed by atoms with Crippen LogP contribution in [-0.2, 0) is 9.84 Å². The lowest BCUT2D eigenvalue weighted by Crippen LogP contribution is -2.04. The standard InChI is InChI=1S/C12H13BrO2S2/c1-3-11(12-8(2)16-12)17(14,15)10-6-4-9(13)5-7-10/h4-8H,3H2,1-2H3/b12-11+/t8-/m0/s1. The van der Waals surface area contributed by atoms with Crippen LogP contribution in [0.3, 0.4) is 0 Å². The van der Waals surface area contributed by atoms with Crippen molar-refractivity contribution in [3.8, 4) is 0 Å². The highest BCUT2D eigenvalue weighted by Gasteiger charge is 2.35. The molecule has 0 bridgehead atoms. The molecule has 0 aromatic heterocycles. The van der Waals surface area contributed by atoms with Gasteiger partial charge in [-0.2, -0.15) is 0 Å². The Hall–Kier alpha value is -0.260. The quantitative estimate of drug-likeness (QED) is 0.785. The Labute approximate surface area is 115 Å². The molecule has 1 aromatic rings. The minimum absolute atomic E-state index is 0.357. The minimum atomic E-state index is -3.30.